The molecule has 0 aliphatic carbocycles. The van der Waals surface area contributed by atoms with Gasteiger partial charge in [-0.2, -0.15) is 5.26 Å². The summed E-state index contributed by atoms with van der Waals surface area (Å²) in [6.07, 6.45) is 3.12. The van der Waals surface area contributed by atoms with Crippen molar-refractivity contribution < 1.29 is 19.0 Å². The van der Waals surface area contributed by atoms with Crippen LogP contribution in [0.4, 0.5) is 5.69 Å². The Hall–Kier alpha value is -3.72. The Bertz CT molecular complexity index is 896. The summed E-state index contributed by atoms with van der Waals surface area (Å²) in [5.74, 6) is 1.26. The molecule has 0 aliphatic rings. The average molecular weight is 378 g/mol. The number of rotatable bonds is 9. The second-order valence-electron chi connectivity index (χ2n) is 5.59. The zero-order valence-corrected chi connectivity index (χ0v) is 15.9. The van der Waals surface area contributed by atoms with Crippen molar-refractivity contribution in [2.75, 3.05) is 25.6 Å². The molecule has 28 heavy (non-hydrogen) atoms. The minimum Gasteiger partial charge on any atom is -0.494 e. The molecule has 6 nitrogen and oxygen atoms in total. The minimum atomic E-state index is -0.502. The number of anilines is 1. The van der Waals surface area contributed by atoms with Crippen molar-refractivity contribution in [3.8, 4) is 23.3 Å². The molecular formula is C22H22N2O4. The lowest BCUT2D eigenvalue weighted by atomic mass is 10.1. The minimum absolute atomic E-state index is 0.0318. The number of hydrogen-bond donors (Lipinski definition) is 1. The van der Waals surface area contributed by atoms with E-state index in [1.165, 1.54) is 13.2 Å². The molecule has 0 radical (unpaired) electrons. The topological polar surface area (TPSA) is 80.6 Å². The maximum atomic E-state index is 12.4. The van der Waals surface area contributed by atoms with Gasteiger partial charge in [0.2, 0.25) is 0 Å². The average Bonchev–Trinajstić information content (AvgIpc) is 2.72. The molecule has 0 bridgehead atoms. The summed E-state index contributed by atoms with van der Waals surface area (Å²) in [5, 5.41) is 12.1. The molecule has 0 unspecified atom stereocenters. The molecule has 0 aliphatic heterocycles. The molecule has 0 saturated carbocycles. The molecule has 0 spiro atoms. The molecule has 0 heterocycles. The van der Waals surface area contributed by atoms with E-state index in [1.807, 2.05) is 13.0 Å². The predicted octanol–water partition coefficient (Wildman–Crippen LogP) is 4.20. The summed E-state index contributed by atoms with van der Waals surface area (Å²) in [6.45, 7) is 6.41. The maximum absolute atomic E-state index is 12.4. The zero-order chi connectivity index (χ0) is 20.4. The molecule has 2 aromatic rings. The van der Waals surface area contributed by atoms with E-state index in [4.69, 9.17) is 14.2 Å². The molecule has 0 atom stereocenters. The van der Waals surface area contributed by atoms with Gasteiger partial charge in [-0.1, -0.05) is 18.7 Å². The fourth-order valence-corrected chi connectivity index (χ4v) is 2.36. The highest BCUT2D eigenvalue weighted by atomic mass is 16.5. The Morgan fingerprint density at radius 3 is 2.54 bits per heavy atom. The number of methoxy groups -OCH3 is 1. The lowest BCUT2D eigenvalue weighted by Gasteiger charge is -2.10. The summed E-state index contributed by atoms with van der Waals surface area (Å²) in [5.41, 5.74) is 1.18. The van der Waals surface area contributed by atoms with Crippen LogP contribution in [0, 0.1) is 11.3 Å². The van der Waals surface area contributed by atoms with Gasteiger partial charge in [-0.3, -0.25) is 4.79 Å². The van der Waals surface area contributed by atoms with Crippen molar-refractivity contribution in [2.24, 2.45) is 0 Å². The first-order chi connectivity index (χ1) is 13.6. The van der Waals surface area contributed by atoms with Gasteiger partial charge in [0.1, 0.15) is 24.0 Å². The fourth-order valence-electron chi connectivity index (χ4n) is 2.36. The van der Waals surface area contributed by atoms with Crippen LogP contribution in [-0.4, -0.2) is 26.2 Å². The van der Waals surface area contributed by atoms with Crippen LogP contribution in [-0.2, 0) is 4.79 Å². The number of nitrogens with zero attached hydrogens (tertiary/aromatic N) is 1. The third-order valence-corrected chi connectivity index (χ3v) is 3.64. The largest absolute Gasteiger partial charge is 0.494 e. The molecule has 2 aromatic carbocycles. The summed E-state index contributed by atoms with van der Waals surface area (Å²) in [4.78, 5) is 12.4. The van der Waals surface area contributed by atoms with Gasteiger partial charge in [0.15, 0.2) is 11.5 Å². The van der Waals surface area contributed by atoms with Crippen LogP contribution in [0.3, 0.4) is 0 Å². The van der Waals surface area contributed by atoms with E-state index < -0.39 is 5.91 Å². The monoisotopic (exact) mass is 378 g/mol. The van der Waals surface area contributed by atoms with Gasteiger partial charge in [-0.15, -0.1) is 0 Å². The molecule has 144 valence electrons. The number of carbonyl (C=O) groups excluding carboxylic acids is 1. The third kappa shape index (κ3) is 5.64. The van der Waals surface area contributed by atoms with Crippen LogP contribution in [0.25, 0.3) is 6.08 Å². The molecule has 0 aromatic heterocycles. The Morgan fingerprint density at radius 1 is 1.18 bits per heavy atom. The van der Waals surface area contributed by atoms with Crippen molar-refractivity contribution in [3.05, 3.63) is 66.3 Å². The smallest absolute Gasteiger partial charge is 0.266 e. The predicted molar refractivity (Wildman–Crippen MR) is 109 cm³/mol. The highest BCUT2D eigenvalue weighted by Crippen LogP contribution is 2.29. The van der Waals surface area contributed by atoms with Crippen LogP contribution in [0.15, 0.2) is 60.7 Å². The first-order valence-electron chi connectivity index (χ1n) is 8.69. The van der Waals surface area contributed by atoms with Gasteiger partial charge in [-0.25, -0.2) is 0 Å². The van der Waals surface area contributed by atoms with Crippen molar-refractivity contribution >= 4 is 17.7 Å². The van der Waals surface area contributed by atoms with Crippen molar-refractivity contribution in [1.29, 1.82) is 5.26 Å². The standard InChI is InChI=1S/C22H22N2O4/c1-4-12-28-20-11-6-16(14-21(20)26-3)13-17(15-23)22(25)24-18-7-9-19(10-8-18)27-5-2/h4,6-11,13-14H,1,5,12H2,2-3H3,(H,24,25)/b17-13-. The van der Waals surface area contributed by atoms with E-state index in [0.29, 0.717) is 41.7 Å². The number of carbonyl (C=O) groups is 1. The number of benzene rings is 2. The molecule has 1 N–H and O–H groups in total. The lowest BCUT2D eigenvalue weighted by molar-refractivity contribution is -0.112. The van der Waals surface area contributed by atoms with Gasteiger partial charge in [-0.05, 0) is 55.0 Å². The number of nitriles is 1. The Kier molecular flexibility index (Phi) is 7.67. The van der Waals surface area contributed by atoms with Crippen molar-refractivity contribution in [2.45, 2.75) is 6.92 Å². The lowest BCUT2D eigenvalue weighted by Crippen LogP contribution is -2.13. The Labute approximate surface area is 164 Å². The van der Waals surface area contributed by atoms with E-state index in [2.05, 4.69) is 11.9 Å². The zero-order valence-electron chi connectivity index (χ0n) is 15.9. The van der Waals surface area contributed by atoms with Crippen LogP contribution in [0.2, 0.25) is 0 Å². The van der Waals surface area contributed by atoms with Gasteiger partial charge in [0.25, 0.3) is 5.91 Å². The van der Waals surface area contributed by atoms with E-state index in [-0.39, 0.29) is 5.57 Å². The number of amides is 1. The summed E-state index contributed by atoms with van der Waals surface area (Å²) < 4.78 is 16.2. The molecule has 1 amide bonds. The van der Waals surface area contributed by atoms with Gasteiger partial charge < -0.3 is 19.5 Å². The highest BCUT2D eigenvalue weighted by molar-refractivity contribution is 6.09. The quantitative estimate of drug-likeness (QED) is 0.402. The van der Waals surface area contributed by atoms with E-state index in [9.17, 15) is 10.1 Å². The molecule has 2 rings (SSSR count). The van der Waals surface area contributed by atoms with Crippen LogP contribution in [0.1, 0.15) is 12.5 Å². The van der Waals surface area contributed by atoms with Crippen molar-refractivity contribution in [1.82, 2.24) is 0 Å². The Morgan fingerprint density at radius 2 is 1.93 bits per heavy atom. The Balaban J connectivity index is 2.16. The first kappa shape index (κ1) is 20.6. The first-order valence-corrected chi connectivity index (χ1v) is 8.69. The molecule has 6 heteroatoms. The molecular weight excluding hydrogens is 356 g/mol. The van der Waals surface area contributed by atoms with Gasteiger partial charge >= 0.3 is 0 Å². The van der Waals surface area contributed by atoms with E-state index in [1.54, 1.807) is 48.5 Å². The van der Waals surface area contributed by atoms with Crippen LogP contribution in [0.5, 0.6) is 17.2 Å². The van der Waals surface area contributed by atoms with E-state index in [0.717, 1.165) is 0 Å². The van der Waals surface area contributed by atoms with E-state index >= 15 is 0 Å². The molecule has 0 saturated heterocycles. The maximum Gasteiger partial charge on any atom is 0.266 e. The summed E-state index contributed by atoms with van der Waals surface area (Å²) in [6, 6.07) is 14.0. The summed E-state index contributed by atoms with van der Waals surface area (Å²) >= 11 is 0. The second kappa shape index (κ2) is 10.4. The fraction of sp³-hybridized carbons (Fsp3) is 0.182. The number of nitrogens with one attached hydrogen (secondary N) is 1. The van der Waals surface area contributed by atoms with Crippen LogP contribution < -0.4 is 19.5 Å². The second-order valence-corrected chi connectivity index (χ2v) is 5.59. The van der Waals surface area contributed by atoms with Crippen molar-refractivity contribution in [3.63, 3.8) is 0 Å². The number of ether oxygens (including phenoxy) is 3. The van der Waals surface area contributed by atoms with Gasteiger partial charge in [0, 0.05) is 5.69 Å². The summed E-state index contributed by atoms with van der Waals surface area (Å²) in [7, 11) is 1.52. The molecule has 0 fully saturated rings. The number of hydrogen-bond acceptors (Lipinski definition) is 5. The third-order valence-electron chi connectivity index (χ3n) is 3.64. The van der Waals surface area contributed by atoms with Gasteiger partial charge in [0.05, 0.1) is 13.7 Å². The normalized spacial score (nSPS) is 10.5. The highest BCUT2D eigenvalue weighted by Gasteiger charge is 2.11. The van der Waals surface area contributed by atoms with Crippen LogP contribution >= 0.6 is 0 Å². The SMILES string of the molecule is C=CCOc1ccc(/C=C(/C#N)C(=O)Nc2ccc(OCC)cc2)cc1OC.